The predicted octanol–water partition coefficient (Wildman–Crippen LogP) is 2.15. The zero-order valence-electron chi connectivity index (χ0n) is 19.8. The number of hydrogen-bond acceptors (Lipinski definition) is 9. The summed E-state index contributed by atoms with van der Waals surface area (Å²) in [5.74, 6) is -0.849. The molecular formula is C19H31N6O8P. The Labute approximate surface area is 196 Å². The fourth-order valence-corrected chi connectivity index (χ4v) is 5.03. The summed E-state index contributed by atoms with van der Waals surface area (Å²) in [6, 6.07) is -1.70. The predicted molar refractivity (Wildman–Crippen MR) is 121 cm³/mol. The fraction of sp³-hybridized carbons (Fsp3) is 0.737. The average Bonchev–Trinajstić information content (AvgIpc) is 3.20. The maximum Gasteiger partial charge on any atom is 0.406 e. The van der Waals surface area contributed by atoms with Gasteiger partial charge in [-0.1, -0.05) is 25.4 Å². The second kappa shape index (κ2) is 12.3. The van der Waals surface area contributed by atoms with Gasteiger partial charge in [-0.2, -0.15) is 0 Å². The van der Waals surface area contributed by atoms with Crippen LogP contribution in [-0.4, -0.2) is 54.0 Å². The molecule has 1 aromatic rings. The third-order valence-corrected chi connectivity index (χ3v) is 7.21. The molecule has 0 aliphatic carbocycles. The van der Waals surface area contributed by atoms with Crippen LogP contribution in [0.2, 0.25) is 0 Å². The van der Waals surface area contributed by atoms with E-state index in [9.17, 15) is 18.9 Å². The van der Waals surface area contributed by atoms with Gasteiger partial charge in [0.2, 0.25) is 0 Å². The van der Waals surface area contributed by atoms with E-state index >= 15 is 0 Å². The SMILES string of the molecule is CCOP(=O)(NC(C(=O)OC)C(C)CC)OC[C@H]1O[C@@H](n2cc(C)c(=O)[nH]c2=O)C[C@@H]1N=[N+]=[N-]. The van der Waals surface area contributed by atoms with Gasteiger partial charge in [0.1, 0.15) is 12.3 Å². The molecule has 1 aromatic heterocycles. The molecule has 2 heterocycles. The van der Waals surface area contributed by atoms with Gasteiger partial charge in [0, 0.05) is 23.1 Å². The Morgan fingerprint density at radius 3 is 2.74 bits per heavy atom. The summed E-state index contributed by atoms with van der Waals surface area (Å²) in [6.45, 7) is 6.51. The van der Waals surface area contributed by atoms with Gasteiger partial charge < -0.3 is 9.47 Å². The van der Waals surface area contributed by atoms with Crippen molar-refractivity contribution in [1.82, 2.24) is 14.6 Å². The highest BCUT2D eigenvalue weighted by Gasteiger charge is 2.40. The number of esters is 1. The highest BCUT2D eigenvalue weighted by atomic mass is 31.2. The largest absolute Gasteiger partial charge is 0.468 e. The number of aromatic nitrogens is 2. The normalized spacial score (nSPS) is 23.5. The lowest BCUT2D eigenvalue weighted by atomic mass is 10.0. The van der Waals surface area contributed by atoms with E-state index in [2.05, 4.69) is 20.1 Å². The Bertz CT molecular complexity index is 1070. The van der Waals surface area contributed by atoms with E-state index < -0.39 is 49.4 Å². The molecule has 0 radical (unpaired) electrons. The highest BCUT2D eigenvalue weighted by molar-refractivity contribution is 7.51. The van der Waals surface area contributed by atoms with Crippen LogP contribution in [0.1, 0.15) is 45.4 Å². The molecule has 0 saturated carbocycles. The number of azide groups is 1. The maximum atomic E-state index is 13.4. The van der Waals surface area contributed by atoms with Crippen LogP contribution in [0.4, 0.5) is 0 Å². The van der Waals surface area contributed by atoms with Gasteiger partial charge in [-0.05, 0) is 25.3 Å². The molecule has 1 saturated heterocycles. The minimum absolute atomic E-state index is 0.0264. The number of aryl methyl sites for hydroxylation is 1. The van der Waals surface area contributed by atoms with E-state index in [4.69, 9.17) is 24.1 Å². The van der Waals surface area contributed by atoms with Crippen molar-refractivity contribution in [2.75, 3.05) is 20.3 Å². The third-order valence-electron chi connectivity index (χ3n) is 5.53. The molecule has 0 aromatic carbocycles. The van der Waals surface area contributed by atoms with Gasteiger partial charge in [0.25, 0.3) is 5.56 Å². The Morgan fingerprint density at radius 2 is 2.15 bits per heavy atom. The van der Waals surface area contributed by atoms with Crippen molar-refractivity contribution < 1.29 is 27.9 Å². The molecule has 1 aliphatic heterocycles. The van der Waals surface area contributed by atoms with Crippen molar-refractivity contribution in [2.24, 2.45) is 11.0 Å². The Morgan fingerprint density at radius 1 is 1.44 bits per heavy atom. The molecular weight excluding hydrogens is 471 g/mol. The average molecular weight is 502 g/mol. The van der Waals surface area contributed by atoms with Crippen molar-refractivity contribution in [3.63, 3.8) is 0 Å². The number of rotatable bonds is 12. The van der Waals surface area contributed by atoms with Crippen LogP contribution in [0.5, 0.6) is 0 Å². The fourth-order valence-electron chi connectivity index (χ4n) is 3.42. The molecule has 0 bridgehead atoms. The highest BCUT2D eigenvalue weighted by Crippen LogP contribution is 2.46. The number of nitrogens with one attached hydrogen (secondary N) is 2. The Kier molecular flexibility index (Phi) is 10.0. The zero-order chi connectivity index (χ0) is 25.5. The van der Waals surface area contributed by atoms with Crippen molar-refractivity contribution in [3.8, 4) is 0 Å². The lowest BCUT2D eigenvalue weighted by Gasteiger charge is -2.27. The number of methoxy groups -OCH3 is 1. The molecule has 1 fully saturated rings. The number of nitrogens with zero attached hydrogens (tertiary/aromatic N) is 4. The summed E-state index contributed by atoms with van der Waals surface area (Å²) < 4.78 is 36.1. The number of carbonyl (C=O) groups is 1. The topological polar surface area (TPSA) is 187 Å². The maximum absolute atomic E-state index is 13.4. The first-order valence-electron chi connectivity index (χ1n) is 10.9. The van der Waals surface area contributed by atoms with Gasteiger partial charge in [-0.15, -0.1) is 0 Å². The second-order valence-corrected chi connectivity index (χ2v) is 9.61. The van der Waals surface area contributed by atoms with Crippen molar-refractivity contribution in [2.45, 2.75) is 65.0 Å². The van der Waals surface area contributed by atoms with Crippen LogP contribution >= 0.6 is 7.75 Å². The van der Waals surface area contributed by atoms with Crippen molar-refractivity contribution >= 4 is 13.7 Å². The summed E-state index contributed by atoms with van der Waals surface area (Å²) >= 11 is 0. The zero-order valence-corrected chi connectivity index (χ0v) is 20.7. The number of ether oxygens (including phenoxy) is 2. The smallest absolute Gasteiger partial charge is 0.406 e. The van der Waals surface area contributed by atoms with E-state index in [-0.39, 0.29) is 25.6 Å². The van der Waals surface area contributed by atoms with Crippen LogP contribution in [0, 0.1) is 12.8 Å². The number of carbonyl (C=O) groups excluding carboxylic acids is 1. The Balaban J connectivity index is 2.23. The Hall–Kier alpha value is -2.47. The van der Waals surface area contributed by atoms with Gasteiger partial charge in [0.05, 0.1) is 32.5 Å². The molecule has 190 valence electrons. The third kappa shape index (κ3) is 6.78. The van der Waals surface area contributed by atoms with E-state index in [0.29, 0.717) is 12.0 Å². The minimum Gasteiger partial charge on any atom is -0.468 e. The van der Waals surface area contributed by atoms with Crippen LogP contribution < -0.4 is 16.3 Å². The van der Waals surface area contributed by atoms with Gasteiger partial charge in [0.15, 0.2) is 0 Å². The van der Waals surface area contributed by atoms with E-state index in [1.165, 1.54) is 24.8 Å². The number of H-pyrrole nitrogens is 1. The number of hydrogen-bond donors (Lipinski definition) is 2. The van der Waals surface area contributed by atoms with E-state index in [0.717, 1.165) is 0 Å². The van der Waals surface area contributed by atoms with E-state index in [1.807, 2.05) is 6.92 Å². The van der Waals surface area contributed by atoms with Crippen molar-refractivity contribution in [3.05, 3.63) is 43.0 Å². The number of aromatic amines is 1. The lowest BCUT2D eigenvalue weighted by molar-refractivity contribution is -0.144. The van der Waals surface area contributed by atoms with Gasteiger partial charge in [-0.25, -0.2) is 14.4 Å². The van der Waals surface area contributed by atoms with Gasteiger partial charge >= 0.3 is 19.4 Å². The summed E-state index contributed by atoms with van der Waals surface area (Å²) in [6.07, 6.45) is 0.332. The van der Waals surface area contributed by atoms with Crippen LogP contribution in [0.25, 0.3) is 10.4 Å². The van der Waals surface area contributed by atoms with Gasteiger partial charge in [-0.3, -0.25) is 28.2 Å². The van der Waals surface area contributed by atoms with E-state index in [1.54, 1.807) is 13.8 Å². The van der Waals surface area contributed by atoms with Crippen LogP contribution in [-0.2, 0) is 27.9 Å². The quantitative estimate of drug-likeness (QED) is 0.142. The van der Waals surface area contributed by atoms with Crippen molar-refractivity contribution in [1.29, 1.82) is 0 Å². The standard InChI is InChI=1S/C19H31N6O8P/c1-6-11(3)16(18(27)30-5)23-34(29,31-7-2)32-10-14-13(22-24-20)8-15(33-14)25-9-12(4)17(26)21-19(25)28/h9,11,13-16H,6-8,10H2,1-5H3,(H,23,29)(H,21,26,28)/t11?,13-,14+,15+,16?,34?/m0/s1. The molecule has 2 rings (SSSR count). The second-order valence-electron chi connectivity index (χ2n) is 7.84. The summed E-state index contributed by atoms with van der Waals surface area (Å²) in [4.78, 5) is 41.1. The summed E-state index contributed by atoms with van der Waals surface area (Å²) in [5, 5.41) is 6.36. The molecule has 2 N–H and O–H groups in total. The first-order chi connectivity index (χ1) is 16.1. The van der Waals surface area contributed by atoms with Crippen LogP contribution in [0.15, 0.2) is 20.9 Å². The summed E-state index contributed by atoms with van der Waals surface area (Å²) in [5.41, 5.74) is 8.05. The molecule has 34 heavy (non-hydrogen) atoms. The molecule has 6 atom stereocenters. The summed E-state index contributed by atoms with van der Waals surface area (Å²) in [7, 11) is -2.78. The molecule has 1 aliphatic rings. The first kappa shape index (κ1) is 27.8. The molecule has 0 spiro atoms. The molecule has 3 unspecified atom stereocenters. The minimum atomic E-state index is -4.00. The molecule has 0 amide bonds. The molecule has 15 heteroatoms. The lowest BCUT2D eigenvalue weighted by Crippen LogP contribution is -2.42. The first-order valence-corrected chi connectivity index (χ1v) is 12.4. The monoisotopic (exact) mass is 502 g/mol. The van der Waals surface area contributed by atoms with Crippen LogP contribution in [0.3, 0.4) is 0 Å². The molecule has 14 nitrogen and oxygen atoms in total.